The molecule has 0 bridgehead atoms. The Hall–Kier alpha value is -0.585. The topological polar surface area (TPSA) is 104 Å². The van der Waals surface area contributed by atoms with Crippen LogP contribution >= 0.6 is 0 Å². The number of rotatable bonds is 8. The Bertz CT molecular complexity index is 189. The highest BCUT2D eigenvalue weighted by Crippen LogP contribution is 2.19. The zero-order valence-corrected chi connectivity index (χ0v) is 9.09. The van der Waals surface area contributed by atoms with Gasteiger partial charge in [-0.15, -0.1) is 0 Å². The predicted octanol–water partition coefficient (Wildman–Crippen LogP) is -0.0749. The van der Waals surface area contributed by atoms with Gasteiger partial charge in [0.25, 0.3) is 0 Å². The maximum atomic E-state index is 10.5. The summed E-state index contributed by atoms with van der Waals surface area (Å²) in [5, 5.41) is 26.0. The van der Waals surface area contributed by atoms with Crippen LogP contribution in [-0.4, -0.2) is 34.8 Å². The minimum absolute atomic E-state index is 0.0201. The molecule has 0 aromatic heterocycles. The number of carboxylic acid groups (broad SMARTS) is 1. The van der Waals surface area contributed by atoms with Gasteiger partial charge in [-0.2, -0.15) is 0 Å². The average molecular weight is 217 g/mol. The van der Waals surface area contributed by atoms with E-state index in [1.54, 1.807) is 0 Å². The average Bonchev–Trinajstić information content (AvgIpc) is 2.13. The molecule has 6 heteroatoms. The predicted molar refractivity (Wildman–Crippen MR) is 58.2 cm³/mol. The molecule has 0 spiro atoms. The van der Waals surface area contributed by atoms with Crippen molar-refractivity contribution in [3.63, 3.8) is 0 Å². The highest BCUT2D eigenvalue weighted by molar-refractivity contribution is 6.40. The fourth-order valence-corrected chi connectivity index (χ4v) is 1.63. The Morgan fingerprint density at radius 2 is 2.07 bits per heavy atom. The van der Waals surface area contributed by atoms with Gasteiger partial charge in [-0.25, -0.2) is 0 Å². The lowest BCUT2D eigenvalue weighted by molar-refractivity contribution is -0.138. The Labute approximate surface area is 90.4 Å². The van der Waals surface area contributed by atoms with Crippen LogP contribution in [0.15, 0.2) is 0 Å². The van der Waals surface area contributed by atoms with Crippen LogP contribution in [0.25, 0.3) is 0 Å². The molecule has 15 heavy (non-hydrogen) atoms. The molecule has 0 radical (unpaired) electrons. The summed E-state index contributed by atoms with van der Waals surface area (Å²) in [5.74, 6) is -0.590. The van der Waals surface area contributed by atoms with E-state index in [9.17, 15) is 4.79 Å². The van der Waals surface area contributed by atoms with Gasteiger partial charge in [-0.3, -0.25) is 4.79 Å². The molecule has 0 aliphatic rings. The molecule has 0 aliphatic carbocycles. The molecule has 0 amide bonds. The largest absolute Gasteiger partial charge is 0.481 e. The van der Waals surface area contributed by atoms with E-state index in [2.05, 4.69) is 0 Å². The minimum atomic E-state index is -1.27. The molecule has 2 unspecified atom stereocenters. The van der Waals surface area contributed by atoms with E-state index in [1.165, 1.54) is 0 Å². The van der Waals surface area contributed by atoms with Crippen LogP contribution in [0.4, 0.5) is 0 Å². The third-order valence-electron chi connectivity index (χ3n) is 2.45. The van der Waals surface area contributed by atoms with E-state index < -0.39 is 13.1 Å². The van der Waals surface area contributed by atoms with Crippen LogP contribution in [0.1, 0.15) is 26.2 Å². The first-order chi connectivity index (χ1) is 6.95. The maximum Gasteiger partial charge on any atom is 0.451 e. The van der Waals surface area contributed by atoms with Crippen LogP contribution in [0.2, 0.25) is 6.32 Å². The van der Waals surface area contributed by atoms with Crippen molar-refractivity contribution in [2.24, 2.45) is 17.6 Å². The zero-order valence-electron chi connectivity index (χ0n) is 9.09. The molecule has 0 fully saturated rings. The second-order valence-electron chi connectivity index (χ2n) is 4.10. The summed E-state index contributed by atoms with van der Waals surface area (Å²) in [7, 11) is -1.27. The van der Waals surface area contributed by atoms with Gasteiger partial charge < -0.3 is 20.9 Å². The van der Waals surface area contributed by atoms with Crippen LogP contribution < -0.4 is 5.73 Å². The van der Waals surface area contributed by atoms with E-state index in [0.717, 1.165) is 6.42 Å². The molecule has 0 aromatic rings. The Kier molecular flexibility index (Phi) is 7.37. The first-order valence-corrected chi connectivity index (χ1v) is 5.23. The molecule has 0 aliphatic heterocycles. The van der Waals surface area contributed by atoms with Crippen molar-refractivity contribution in [3.05, 3.63) is 0 Å². The highest BCUT2D eigenvalue weighted by atomic mass is 16.4. The molecule has 0 heterocycles. The lowest BCUT2D eigenvalue weighted by Crippen LogP contribution is -2.21. The van der Waals surface area contributed by atoms with Crippen molar-refractivity contribution in [3.8, 4) is 0 Å². The summed E-state index contributed by atoms with van der Waals surface area (Å²) in [6.45, 7) is 2.32. The summed E-state index contributed by atoms with van der Waals surface area (Å²) in [4.78, 5) is 10.5. The number of carboxylic acids is 1. The Morgan fingerprint density at radius 1 is 1.47 bits per heavy atom. The number of aliphatic carboxylic acids is 1. The molecule has 2 atom stereocenters. The molecule has 5 nitrogen and oxygen atoms in total. The quantitative estimate of drug-likeness (QED) is 0.426. The van der Waals surface area contributed by atoms with Crippen molar-refractivity contribution >= 4 is 13.1 Å². The third-order valence-corrected chi connectivity index (χ3v) is 2.45. The van der Waals surface area contributed by atoms with Gasteiger partial charge in [0.05, 0.1) is 0 Å². The van der Waals surface area contributed by atoms with Crippen molar-refractivity contribution in [1.82, 2.24) is 0 Å². The number of nitrogens with two attached hydrogens (primary N) is 1. The van der Waals surface area contributed by atoms with Crippen LogP contribution in [0.3, 0.4) is 0 Å². The summed E-state index contributed by atoms with van der Waals surface area (Å²) >= 11 is 0. The van der Waals surface area contributed by atoms with E-state index in [1.807, 2.05) is 6.92 Å². The SMILES string of the molecule is CC(CCB(O)O)CC(CN)CC(=O)O. The molecule has 0 saturated carbocycles. The summed E-state index contributed by atoms with van der Waals surface area (Å²) in [6.07, 6.45) is 1.80. The zero-order chi connectivity index (χ0) is 11.8. The summed E-state index contributed by atoms with van der Waals surface area (Å²) < 4.78 is 0. The van der Waals surface area contributed by atoms with Crippen molar-refractivity contribution < 1.29 is 19.9 Å². The van der Waals surface area contributed by atoms with E-state index in [4.69, 9.17) is 20.9 Å². The van der Waals surface area contributed by atoms with E-state index >= 15 is 0 Å². The van der Waals surface area contributed by atoms with Gasteiger partial charge in [0, 0.05) is 6.42 Å². The Balaban J connectivity index is 3.79. The second kappa shape index (κ2) is 7.67. The minimum Gasteiger partial charge on any atom is -0.481 e. The number of carbonyl (C=O) groups is 1. The molecular formula is C9H20BNO4. The van der Waals surface area contributed by atoms with Crippen molar-refractivity contribution in [2.75, 3.05) is 6.54 Å². The van der Waals surface area contributed by atoms with Crippen LogP contribution in [-0.2, 0) is 4.79 Å². The molecule has 0 aromatic carbocycles. The van der Waals surface area contributed by atoms with Gasteiger partial charge in [0.2, 0.25) is 0 Å². The highest BCUT2D eigenvalue weighted by Gasteiger charge is 2.17. The number of hydrogen-bond donors (Lipinski definition) is 4. The maximum absolute atomic E-state index is 10.5. The Morgan fingerprint density at radius 3 is 2.47 bits per heavy atom. The molecular weight excluding hydrogens is 197 g/mol. The third kappa shape index (κ3) is 8.41. The molecule has 5 N–H and O–H groups in total. The normalized spacial score (nSPS) is 14.7. The van der Waals surface area contributed by atoms with E-state index in [0.29, 0.717) is 19.3 Å². The molecule has 88 valence electrons. The smallest absolute Gasteiger partial charge is 0.451 e. The van der Waals surface area contributed by atoms with Crippen LogP contribution in [0, 0.1) is 11.8 Å². The van der Waals surface area contributed by atoms with Gasteiger partial charge in [-0.05, 0) is 31.1 Å². The summed E-state index contributed by atoms with van der Waals surface area (Å²) in [6, 6.07) is 0. The molecule has 0 rings (SSSR count). The van der Waals surface area contributed by atoms with Gasteiger partial charge in [0.1, 0.15) is 0 Å². The second-order valence-corrected chi connectivity index (χ2v) is 4.10. The fraction of sp³-hybridized carbons (Fsp3) is 0.889. The lowest BCUT2D eigenvalue weighted by atomic mass is 9.79. The summed E-state index contributed by atoms with van der Waals surface area (Å²) in [5.41, 5.74) is 5.46. The van der Waals surface area contributed by atoms with Crippen molar-refractivity contribution in [2.45, 2.75) is 32.5 Å². The van der Waals surface area contributed by atoms with Gasteiger partial charge in [-0.1, -0.05) is 13.3 Å². The van der Waals surface area contributed by atoms with E-state index in [-0.39, 0.29) is 18.3 Å². The monoisotopic (exact) mass is 217 g/mol. The van der Waals surface area contributed by atoms with Gasteiger partial charge in [0.15, 0.2) is 0 Å². The van der Waals surface area contributed by atoms with Gasteiger partial charge >= 0.3 is 13.1 Å². The van der Waals surface area contributed by atoms with Crippen LogP contribution in [0.5, 0.6) is 0 Å². The first kappa shape index (κ1) is 14.4. The lowest BCUT2D eigenvalue weighted by Gasteiger charge is -2.17. The fourth-order valence-electron chi connectivity index (χ4n) is 1.63. The van der Waals surface area contributed by atoms with Crippen molar-refractivity contribution in [1.29, 1.82) is 0 Å². The standard InChI is InChI=1S/C9H20BNO4/c1-7(2-3-10(14)15)4-8(6-11)5-9(12)13/h7-8,14-15H,2-6,11H2,1H3,(H,12,13). The molecule has 0 saturated heterocycles. The first-order valence-electron chi connectivity index (χ1n) is 5.23. The number of hydrogen-bond acceptors (Lipinski definition) is 4.